The standard InChI is InChI=1S/C28H32FN5O4/c1-16-19-13-17(18-5-10-30-23-22(18)36-11-12-37-23)14-20(29)21(19)32-24(31-16)33-27-6-8-28(15-27,9-7-27)34-25(35)38-26(2,3)4/h5,10,13-14H,6-9,11-12,15H2,1-4H3,(H,34,35)(H,31,32,33). The number of aryl methyl sites for hydroxylation is 1. The van der Waals surface area contributed by atoms with Crippen LogP contribution in [0.15, 0.2) is 24.4 Å². The Kier molecular flexibility index (Phi) is 5.62. The second-order valence-electron chi connectivity index (χ2n) is 11.7. The van der Waals surface area contributed by atoms with Crippen molar-refractivity contribution in [1.29, 1.82) is 0 Å². The summed E-state index contributed by atoms with van der Waals surface area (Å²) < 4.78 is 32.4. The average Bonchev–Trinajstić information content (AvgIpc) is 3.38. The van der Waals surface area contributed by atoms with Gasteiger partial charge in [-0.05, 0) is 83.6 Å². The summed E-state index contributed by atoms with van der Waals surface area (Å²) in [5.74, 6) is 0.880. The molecule has 3 aromatic rings. The van der Waals surface area contributed by atoms with Crippen LogP contribution >= 0.6 is 0 Å². The molecule has 1 amide bonds. The molecular formula is C28H32FN5O4. The number of fused-ring (bicyclic) bond motifs is 4. The molecule has 1 aromatic carbocycles. The molecule has 2 aromatic heterocycles. The molecule has 10 heteroatoms. The minimum absolute atomic E-state index is 0.251. The quantitative estimate of drug-likeness (QED) is 0.476. The van der Waals surface area contributed by atoms with Gasteiger partial charge in [0, 0.05) is 28.2 Å². The van der Waals surface area contributed by atoms with Crippen molar-refractivity contribution in [2.24, 2.45) is 0 Å². The van der Waals surface area contributed by atoms with Crippen molar-refractivity contribution in [2.45, 2.75) is 76.5 Å². The van der Waals surface area contributed by atoms with Gasteiger partial charge >= 0.3 is 6.09 Å². The van der Waals surface area contributed by atoms with Crippen LogP contribution in [0.1, 0.15) is 58.6 Å². The van der Waals surface area contributed by atoms with Crippen molar-refractivity contribution >= 4 is 22.9 Å². The van der Waals surface area contributed by atoms with Crippen molar-refractivity contribution in [3.05, 3.63) is 35.9 Å². The fourth-order valence-electron chi connectivity index (χ4n) is 6.03. The zero-order valence-electron chi connectivity index (χ0n) is 22.1. The second-order valence-corrected chi connectivity index (χ2v) is 11.7. The minimum atomic E-state index is -0.550. The summed E-state index contributed by atoms with van der Waals surface area (Å²) >= 11 is 0. The van der Waals surface area contributed by atoms with Crippen LogP contribution in [-0.2, 0) is 4.74 Å². The van der Waals surface area contributed by atoms with Gasteiger partial charge in [-0.3, -0.25) is 0 Å². The molecule has 3 aliphatic rings. The summed E-state index contributed by atoms with van der Waals surface area (Å²) in [5.41, 5.74) is 1.18. The van der Waals surface area contributed by atoms with E-state index in [1.807, 2.05) is 33.8 Å². The third-order valence-corrected chi connectivity index (χ3v) is 7.68. The van der Waals surface area contributed by atoms with Crippen molar-refractivity contribution < 1.29 is 23.4 Å². The number of alkyl carbamates (subject to hydrolysis) is 1. The SMILES string of the molecule is Cc1nc(NC23CCC(NC(=O)OC(C)(C)C)(CC2)C3)nc2c(F)cc(-c3ccnc4c3OCCO4)cc12. The molecule has 9 nitrogen and oxygen atoms in total. The highest BCUT2D eigenvalue weighted by Gasteiger charge is 2.55. The Morgan fingerprint density at radius 1 is 1.08 bits per heavy atom. The molecule has 0 unspecified atom stereocenters. The van der Waals surface area contributed by atoms with Crippen LogP contribution in [0.25, 0.3) is 22.0 Å². The van der Waals surface area contributed by atoms with Gasteiger partial charge in [-0.2, -0.15) is 0 Å². The summed E-state index contributed by atoms with van der Waals surface area (Å²) in [4.78, 5) is 26.0. The summed E-state index contributed by atoms with van der Waals surface area (Å²) in [6.45, 7) is 8.26. The monoisotopic (exact) mass is 521 g/mol. The van der Waals surface area contributed by atoms with Crippen LogP contribution in [0.3, 0.4) is 0 Å². The molecule has 2 bridgehead atoms. The van der Waals surface area contributed by atoms with Crippen LogP contribution in [-0.4, -0.2) is 50.9 Å². The third kappa shape index (κ3) is 4.46. The summed E-state index contributed by atoms with van der Waals surface area (Å²) in [6.07, 6.45) is 5.38. The lowest BCUT2D eigenvalue weighted by Gasteiger charge is -2.30. The molecule has 1 aliphatic heterocycles. The molecule has 0 saturated heterocycles. The predicted octanol–water partition coefficient (Wildman–Crippen LogP) is 5.30. The first-order valence-electron chi connectivity index (χ1n) is 13.1. The highest BCUT2D eigenvalue weighted by molar-refractivity contribution is 5.89. The van der Waals surface area contributed by atoms with Gasteiger partial charge in [-0.15, -0.1) is 0 Å². The number of nitrogens with one attached hydrogen (secondary N) is 2. The van der Waals surface area contributed by atoms with E-state index in [1.54, 1.807) is 12.3 Å². The molecule has 200 valence electrons. The Morgan fingerprint density at radius 2 is 1.82 bits per heavy atom. The molecule has 0 spiro atoms. The smallest absolute Gasteiger partial charge is 0.408 e. The maximum Gasteiger partial charge on any atom is 0.408 e. The molecule has 6 rings (SSSR count). The van der Waals surface area contributed by atoms with Crippen molar-refractivity contribution in [2.75, 3.05) is 18.5 Å². The van der Waals surface area contributed by atoms with Crippen LogP contribution in [0.5, 0.6) is 11.6 Å². The number of pyridine rings is 1. The number of aromatic nitrogens is 3. The van der Waals surface area contributed by atoms with Gasteiger partial charge in [0.25, 0.3) is 5.88 Å². The van der Waals surface area contributed by atoms with E-state index >= 15 is 4.39 Å². The first-order chi connectivity index (χ1) is 18.0. The van der Waals surface area contributed by atoms with Gasteiger partial charge in [-0.25, -0.2) is 24.1 Å². The fraction of sp³-hybridized carbons (Fsp3) is 0.500. The lowest BCUT2D eigenvalue weighted by Crippen LogP contribution is -2.47. The zero-order valence-corrected chi connectivity index (χ0v) is 22.1. The maximum absolute atomic E-state index is 15.5. The predicted molar refractivity (Wildman–Crippen MR) is 140 cm³/mol. The lowest BCUT2D eigenvalue weighted by atomic mass is 9.91. The van der Waals surface area contributed by atoms with Gasteiger partial charge in [0.15, 0.2) is 5.75 Å². The van der Waals surface area contributed by atoms with E-state index in [-0.39, 0.29) is 16.6 Å². The van der Waals surface area contributed by atoms with E-state index in [1.165, 1.54) is 6.07 Å². The topological polar surface area (TPSA) is 107 Å². The van der Waals surface area contributed by atoms with E-state index < -0.39 is 17.5 Å². The molecule has 0 atom stereocenters. The van der Waals surface area contributed by atoms with Crippen molar-refractivity contribution in [1.82, 2.24) is 20.3 Å². The molecule has 38 heavy (non-hydrogen) atoms. The molecular weight excluding hydrogens is 489 g/mol. The largest absolute Gasteiger partial charge is 0.484 e. The number of ether oxygens (including phenoxy) is 3. The number of carbonyl (C=O) groups is 1. The van der Waals surface area contributed by atoms with Crippen molar-refractivity contribution in [3.63, 3.8) is 0 Å². The highest BCUT2D eigenvalue weighted by Crippen LogP contribution is 2.52. The summed E-state index contributed by atoms with van der Waals surface area (Å²) in [6, 6.07) is 5.13. The first kappa shape index (κ1) is 24.6. The summed E-state index contributed by atoms with van der Waals surface area (Å²) in [5, 5.41) is 7.26. The van der Waals surface area contributed by atoms with Crippen LogP contribution in [0, 0.1) is 12.7 Å². The van der Waals surface area contributed by atoms with Crippen LogP contribution < -0.4 is 20.1 Å². The molecule has 2 fully saturated rings. The van der Waals surface area contributed by atoms with E-state index in [4.69, 9.17) is 19.2 Å². The number of halogens is 1. The van der Waals surface area contributed by atoms with Gasteiger partial charge in [0.2, 0.25) is 5.95 Å². The Balaban J connectivity index is 1.26. The Hall–Kier alpha value is -3.69. The number of carbonyl (C=O) groups excluding carboxylic acids is 1. The van der Waals surface area contributed by atoms with Gasteiger partial charge < -0.3 is 24.8 Å². The number of benzene rings is 1. The molecule has 3 heterocycles. The number of hydrogen-bond donors (Lipinski definition) is 2. The second kappa shape index (κ2) is 8.68. The lowest BCUT2D eigenvalue weighted by molar-refractivity contribution is 0.0458. The number of hydrogen-bond acceptors (Lipinski definition) is 8. The average molecular weight is 522 g/mol. The van der Waals surface area contributed by atoms with Crippen LogP contribution in [0.4, 0.5) is 15.1 Å². The molecule has 2 aliphatic carbocycles. The normalized spacial score (nSPS) is 23.9. The maximum atomic E-state index is 15.5. The van der Waals surface area contributed by atoms with Crippen LogP contribution in [0.2, 0.25) is 0 Å². The number of rotatable bonds is 4. The Morgan fingerprint density at radius 3 is 2.58 bits per heavy atom. The van der Waals surface area contributed by atoms with E-state index in [9.17, 15) is 4.79 Å². The Bertz CT molecular complexity index is 1430. The van der Waals surface area contributed by atoms with Gasteiger partial charge in [-0.1, -0.05) is 0 Å². The molecule has 2 saturated carbocycles. The van der Waals surface area contributed by atoms with E-state index in [0.29, 0.717) is 53.0 Å². The third-order valence-electron chi connectivity index (χ3n) is 7.68. The van der Waals surface area contributed by atoms with E-state index in [2.05, 4.69) is 20.6 Å². The highest BCUT2D eigenvalue weighted by atomic mass is 19.1. The summed E-state index contributed by atoms with van der Waals surface area (Å²) in [7, 11) is 0. The number of nitrogens with zero attached hydrogens (tertiary/aromatic N) is 3. The minimum Gasteiger partial charge on any atom is -0.484 e. The molecule has 0 radical (unpaired) electrons. The van der Waals surface area contributed by atoms with E-state index in [0.717, 1.165) is 32.1 Å². The first-order valence-corrected chi connectivity index (χ1v) is 13.1. The van der Waals surface area contributed by atoms with Gasteiger partial charge in [0.05, 0.1) is 5.69 Å². The zero-order chi connectivity index (χ0) is 26.7. The fourth-order valence-corrected chi connectivity index (χ4v) is 6.03. The number of amides is 1. The van der Waals surface area contributed by atoms with Gasteiger partial charge in [0.1, 0.15) is 30.1 Å². The molecule has 2 N–H and O–H groups in total. The Labute approximate surface area is 220 Å². The number of anilines is 1. The van der Waals surface area contributed by atoms with Crippen molar-refractivity contribution in [3.8, 4) is 22.8 Å².